The number of nitrogens with zero attached hydrogens (tertiary/aromatic N) is 1. The van der Waals surface area contributed by atoms with Crippen LogP contribution in [-0.4, -0.2) is 40.1 Å². The lowest BCUT2D eigenvalue weighted by Crippen LogP contribution is -2.42. The van der Waals surface area contributed by atoms with Gasteiger partial charge in [-0.2, -0.15) is 0 Å². The Morgan fingerprint density at radius 1 is 1.24 bits per heavy atom. The van der Waals surface area contributed by atoms with E-state index in [1.165, 1.54) is 17.0 Å². The monoisotopic (exact) mass is 292 g/mol. The molecule has 0 atom stereocenters. The largest absolute Gasteiger partial charge is 0.507 e. The quantitative estimate of drug-likeness (QED) is 0.567. The molecule has 0 radical (unpaired) electrons. The molecule has 3 N–H and O–H groups in total. The van der Waals surface area contributed by atoms with Crippen LogP contribution in [0.15, 0.2) is 24.3 Å². The van der Waals surface area contributed by atoms with Crippen molar-refractivity contribution >= 4 is 11.8 Å². The fourth-order valence-electron chi connectivity index (χ4n) is 2.76. The number of para-hydroxylation sites is 1. The van der Waals surface area contributed by atoms with Crippen molar-refractivity contribution in [1.29, 1.82) is 0 Å². The third-order valence-corrected chi connectivity index (χ3v) is 3.83. The summed E-state index contributed by atoms with van der Waals surface area (Å²) in [4.78, 5) is 25.3. The Morgan fingerprint density at radius 2 is 1.90 bits per heavy atom. The van der Waals surface area contributed by atoms with Gasteiger partial charge in [-0.3, -0.25) is 14.8 Å². The molecule has 0 unspecified atom stereocenters. The van der Waals surface area contributed by atoms with E-state index in [0.29, 0.717) is 12.5 Å². The third kappa shape index (κ3) is 3.95. The summed E-state index contributed by atoms with van der Waals surface area (Å²) in [6, 6.07) is 6.25. The van der Waals surface area contributed by atoms with Gasteiger partial charge in [0.15, 0.2) is 0 Å². The van der Waals surface area contributed by atoms with Gasteiger partial charge in [0.1, 0.15) is 12.3 Å². The standard InChI is InChI=1S/C15H20N2O4/c18-13-8-4-3-7-12(13)15(20)17(10-14(19)16-21)9-11-5-1-2-6-11/h3-4,7-8,11,18,21H,1-2,5-6,9-10H2,(H,16,19). The van der Waals surface area contributed by atoms with Crippen molar-refractivity contribution < 1.29 is 19.9 Å². The van der Waals surface area contributed by atoms with Gasteiger partial charge in [0.2, 0.25) is 0 Å². The minimum absolute atomic E-state index is 0.108. The maximum absolute atomic E-state index is 12.5. The van der Waals surface area contributed by atoms with E-state index in [1.807, 2.05) is 0 Å². The first-order valence-corrected chi connectivity index (χ1v) is 7.12. The molecular formula is C15H20N2O4. The predicted octanol–water partition coefficient (Wildman–Crippen LogP) is 1.53. The number of phenolic OH excluding ortho intramolecular Hbond substituents is 1. The van der Waals surface area contributed by atoms with Gasteiger partial charge in [-0.15, -0.1) is 0 Å². The lowest BCUT2D eigenvalue weighted by Gasteiger charge is -2.25. The van der Waals surface area contributed by atoms with Gasteiger partial charge in [0.05, 0.1) is 5.56 Å². The van der Waals surface area contributed by atoms with Crippen molar-refractivity contribution in [1.82, 2.24) is 10.4 Å². The highest BCUT2D eigenvalue weighted by atomic mass is 16.5. The highest BCUT2D eigenvalue weighted by Gasteiger charge is 2.25. The van der Waals surface area contributed by atoms with E-state index >= 15 is 0 Å². The summed E-state index contributed by atoms with van der Waals surface area (Å²) in [5.41, 5.74) is 1.71. The van der Waals surface area contributed by atoms with Crippen molar-refractivity contribution in [2.45, 2.75) is 25.7 Å². The van der Waals surface area contributed by atoms with Gasteiger partial charge < -0.3 is 10.0 Å². The zero-order chi connectivity index (χ0) is 15.2. The van der Waals surface area contributed by atoms with Gasteiger partial charge in [0.25, 0.3) is 11.8 Å². The molecule has 0 aromatic heterocycles. The molecule has 2 rings (SSSR count). The number of hydrogen-bond donors (Lipinski definition) is 3. The second-order valence-electron chi connectivity index (χ2n) is 5.39. The second kappa shape index (κ2) is 7.08. The molecule has 2 amide bonds. The van der Waals surface area contributed by atoms with Crippen molar-refractivity contribution in [3.8, 4) is 5.75 Å². The summed E-state index contributed by atoms with van der Waals surface area (Å²) >= 11 is 0. The Kier molecular flexibility index (Phi) is 5.16. The molecule has 1 aliphatic carbocycles. The van der Waals surface area contributed by atoms with Gasteiger partial charge in [-0.25, -0.2) is 5.48 Å². The zero-order valence-electron chi connectivity index (χ0n) is 11.8. The van der Waals surface area contributed by atoms with Crippen LogP contribution in [0.25, 0.3) is 0 Å². The Morgan fingerprint density at radius 3 is 2.52 bits per heavy atom. The first-order chi connectivity index (χ1) is 10.1. The fourth-order valence-corrected chi connectivity index (χ4v) is 2.76. The molecule has 1 fully saturated rings. The Bertz CT molecular complexity index is 512. The van der Waals surface area contributed by atoms with Crippen molar-refractivity contribution in [2.75, 3.05) is 13.1 Å². The molecule has 0 heterocycles. The van der Waals surface area contributed by atoms with Crippen LogP contribution in [-0.2, 0) is 4.79 Å². The zero-order valence-corrected chi connectivity index (χ0v) is 11.8. The van der Waals surface area contributed by atoms with Crippen LogP contribution >= 0.6 is 0 Å². The summed E-state index contributed by atoms with van der Waals surface area (Å²) in [6.07, 6.45) is 4.33. The van der Waals surface area contributed by atoms with Crippen LogP contribution in [0.3, 0.4) is 0 Å². The fraction of sp³-hybridized carbons (Fsp3) is 0.467. The molecule has 21 heavy (non-hydrogen) atoms. The van der Waals surface area contributed by atoms with Crippen molar-refractivity contribution in [3.05, 3.63) is 29.8 Å². The summed E-state index contributed by atoms with van der Waals surface area (Å²) in [6.45, 7) is 0.237. The van der Waals surface area contributed by atoms with Crippen LogP contribution in [0.1, 0.15) is 36.0 Å². The Hall–Kier alpha value is -2.08. The molecule has 6 nitrogen and oxygen atoms in total. The van der Waals surface area contributed by atoms with E-state index in [2.05, 4.69) is 0 Å². The number of rotatable bonds is 5. The Balaban J connectivity index is 2.14. The van der Waals surface area contributed by atoms with Crippen LogP contribution in [0.5, 0.6) is 5.75 Å². The average molecular weight is 292 g/mol. The molecular weight excluding hydrogens is 272 g/mol. The number of phenols is 1. The first-order valence-electron chi connectivity index (χ1n) is 7.12. The van der Waals surface area contributed by atoms with Crippen molar-refractivity contribution in [3.63, 3.8) is 0 Å². The van der Waals surface area contributed by atoms with Gasteiger partial charge in [-0.05, 0) is 30.9 Å². The summed E-state index contributed by atoms with van der Waals surface area (Å²) in [5, 5.41) is 18.4. The SMILES string of the molecule is O=C(CN(CC1CCCC1)C(=O)c1ccccc1O)NO. The molecule has 0 saturated heterocycles. The van der Waals surface area contributed by atoms with E-state index in [1.54, 1.807) is 17.6 Å². The predicted molar refractivity (Wildman–Crippen MR) is 75.9 cm³/mol. The number of hydrogen-bond acceptors (Lipinski definition) is 4. The van der Waals surface area contributed by atoms with Crippen LogP contribution in [0, 0.1) is 5.92 Å². The van der Waals surface area contributed by atoms with Gasteiger partial charge >= 0.3 is 0 Å². The van der Waals surface area contributed by atoms with Crippen LogP contribution < -0.4 is 5.48 Å². The van der Waals surface area contributed by atoms with Crippen molar-refractivity contribution in [2.24, 2.45) is 5.92 Å². The lowest BCUT2D eigenvalue weighted by atomic mass is 10.1. The number of nitrogens with one attached hydrogen (secondary N) is 1. The molecule has 114 valence electrons. The topological polar surface area (TPSA) is 89.9 Å². The van der Waals surface area contributed by atoms with E-state index in [4.69, 9.17) is 5.21 Å². The summed E-state index contributed by atoms with van der Waals surface area (Å²) in [7, 11) is 0. The number of carbonyl (C=O) groups excluding carboxylic acids is 2. The second-order valence-corrected chi connectivity index (χ2v) is 5.39. The normalized spacial score (nSPS) is 14.9. The maximum atomic E-state index is 12.5. The number of carbonyl (C=O) groups is 2. The molecule has 6 heteroatoms. The van der Waals surface area contributed by atoms with E-state index in [9.17, 15) is 14.7 Å². The third-order valence-electron chi connectivity index (χ3n) is 3.83. The number of benzene rings is 1. The first kappa shape index (κ1) is 15.3. The molecule has 0 bridgehead atoms. The molecule has 0 aliphatic heterocycles. The summed E-state index contributed by atoms with van der Waals surface area (Å²) in [5.74, 6) is -0.782. The number of hydroxylamine groups is 1. The molecule has 0 spiro atoms. The van der Waals surface area contributed by atoms with Crippen LogP contribution in [0.4, 0.5) is 0 Å². The molecule has 1 saturated carbocycles. The minimum atomic E-state index is -0.642. The maximum Gasteiger partial charge on any atom is 0.262 e. The average Bonchev–Trinajstić information content (AvgIpc) is 2.99. The molecule has 1 aromatic rings. The van der Waals surface area contributed by atoms with Gasteiger partial charge in [-0.1, -0.05) is 25.0 Å². The highest BCUT2D eigenvalue weighted by molar-refractivity contribution is 5.98. The Labute approximate surface area is 123 Å². The smallest absolute Gasteiger partial charge is 0.262 e. The lowest BCUT2D eigenvalue weighted by molar-refractivity contribution is -0.130. The number of aromatic hydroxyl groups is 1. The summed E-state index contributed by atoms with van der Waals surface area (Å²) < 4.78 is 0. The van der Waals surface area contributed by atoms with Crippen LogP contribution in [0.2, 0.25) is 0 Å². The molecule has 1 aliphatic rings. The highest BCUT2D eigenvalue weighted by Crippen LogP contribution is 2.26. The molecule has 1 aromatic carbocycles. The van der Waals surface area contributed by atoms with E-state index in [-0.39, 0.29) is 17.9 Å². The van der Waals surface area contributed by atoms with E-state index < -0.39 is 11.8 Å². The van der Waals surface area contributed by atoms with E-state index in [0.717, 1.165) is 25.7 Å². The van der Waals surface area contributed by atoms with Gasteiger partial charge in [0, 0.05) is 6.54 Å². The minimum Gasteiger partial charge on any atom is -0.507 e. The number of amides is 2.